The van der Waals surface area contributed by atoms with Crippen molar-refractivity contribution in [2.75, 3.05) is 0 Å². The monoisotopic (exact) mass is 361 g/mol. The van der Waals surface area contributed by atoms with Gasteiger partial charge in [0.2, 0.25) is 5.91 Å². The fraction of sp³-hybridized carbons (Fsp3) is 0.278. The smallest absolute Gasteiger partial charge is 0.224 e. The van der Waals surface area contributed by atoms with Crippen LogP contribution < -0.4 is 5.32 Å². The van der Waals surface area contributed by atoms with Gasteiger partial charge in [0.25, 0.3) is 0 Å². The summed E-state index contributed by atoms with van der Waals surface area (Å²) < 4.78 is 14.7. The zero-order chi connectivity index (χ0) is 15.7. The summed E-state index contributed by atoms with van der Waals surface area (Å²) in [6, 6.07) is 14.5. The van der Waals surface area contributed by atoms with Gasteiger partial charge in [-0.25, -0.2) is 4.39 Å². The Morgan fingerprint density at radius 3 is 2.64 bits per heavy atom. The highest BCUT2D eigenvalue weighted by Gasteiger charge is 2.45. The molecule has 1 fully saturated rings. The van der Waals surface area contributed by atoms with E-state index < -0.39 is 0 Å². The van der Waals surface area contributed by atoms with Gasteiger partial charge < -0.3 is 5.32 Å². The molecule has 114 valence electrons. The normalized spacial score (nSPS) is 21.2. The van der Waals surface area contributed by atoms with Crippen LogP contribution in [0.25, 0.3) is 0 Å². The van der Waals surface area contributed by atoms with E-state index in [1.165, 1.54) is 6.07 Å². The standard InChI is InChI=1S/C18H17BrFNO/c1-11(12-6-2-4-8-16(12)19)21-18(22)15-10-14(15)13-7-3-5-9-17(13)20/h2-9,11,14-15H,10H2,1H3,(H,21,22). The Balaban J connectivity index is 1.65. The average molecular weight is 362 g/mol. The molecule has 1 aliphatic carbocycles. The Morgan fingerprint density at radius 2 is 1.91 bits per heavy atom. The maximum Gasteiger partial charge on any atom is 0.224 e. The topological polar surface area (TPSA) is 29.1 Å². The van der Waals surface area contributed by atoms with Crippen LogP contribution >= 0.6 is 15.9 Å². The molecular weight excluding hydrogens is 345 g/mol. The Morgan fingerprint density at radius 1 is 1.23 bits per heavy atom. The van der Waals surface area contributed by atoms with Crippen molar-refractivity contribution >= 4 is 21.8 Å². The van der Waals surface area contributed by atoms with Crippen LogP contribution in [0.4, 0.5) is 4.39 Å². The molecule has 2 aromatic carbocycles. The van der Waals surface area contributed by atoms with Gasteiger partial charge in [-0.05, 0) is 42.5 Å². The van der Waals surface area contributed by atoms with Crippen molar-refractivity contribution in [3.8, 4) is 0 Å². The first kappa shape index (κ1) is 15.2. The fourth-order valence-electron chi connectivity index (χ4n) is 2.83. The first-order valence-corrected chi connectivity index (χ1v) is 8.16. The van der Waals surface area contributed by atoms with E-state index in [-0.39, 0.29) is 29.6 Å². The Kier molecular flexibility index (Phi) is 4.30. The van der Waals surface area contributed by atoms with E-state index in [1.807, 2.05) is 37.3 Å². The fourth-order valence-corrected chi connectivity index (χ4v) is 3.46. The molecule has 0 heterocycles. The number of hydrogen-bond acceptors (Lipinski definition) is 1. The van der Waals surface area contributed by atoms with Crippen LogP contribution in [0.15, 0.2) is 53.0 Å². The molecule has 2 nitrogen and oxygen atoms in total. The zero-order valence-electron chi connectivity index (χ0n) is 12.2. The number of hydrogen-bond donors (Lipinski definition) is 1. The quantitative estimate of drug-likeness (QED) is 0.848. The molecule has 0 aromatic heterocycles. The van der Waals surface area contributed by atoms with Crippen molar-refractivity contribution in [3.63, 3.8) is 0 Å². The molecule has 3 unspecified atom stereocenters. The molecule has 0 spiro atoms. The van der Waals surface area contributed by atoms with Gasteiger partial charge in [-0.15, -0.1) is 0 Å². The van der Waals surface area contributed by atoms with Crippen LogP contribution in [0.2, 0.25) is 0 Å². The first-order valence-electron chi connectivity index (χ1n) is 7.37. The number of carbonyl (C=O) groups is 1. The number of carbonyl (C=O) groups excluding carboxylic acids is 1. The van der Waals surface area contributed by atoms with Crippen LogP contribution in [0, 0.1) is 11.7 Å². The van der Waals surface area contributed by atoms with Gasteiger partial charge in [-0.3, -0.25) is 4.79 Å². The SMILES string of the molecule is CC(NC(=O)C1CC1c1ccccc1F)c1ccccc1Br. The number of amides is 1. The molecule has 1 amide bonds. The second-order valence-corrected chi connectivity index (χ2v) is 6.58. The molecule has 3 rings (SSSR count). The van der Waals surface area contributed by atoms with Gasteiger partial charge >= 0.3 is 0 Å². The predicted molar refractivity (Wildman–Crippen MR) is 87.9 cm³/mol. The lowest BCUT2D eigenvalue weighted by Crippen LogP contribution is -2.28. The first-order chi connectivity index (χ1) is 10.6. The van der Waals surface area contributed by atoms with Crippen molar-refractivity contribution in [2.24, 2.45) is 5.92 Å². The Bertz CT molecular complexity index is 703. The molecule has 0 bridgehead atoms. The second kappa shape index (κ2) is 6.21. The van der Waals surface area contributed by atoms with Crippen LogP contribution in [0.3, 0.4) is 0 Å². The highest BCUT2D eigenvalue weighted by Crippen LogP contribution is 2.48. The Labute approximate surface area is 137 Å². The number of nitrogens with one attached hydrogen (secondary N) is 1. The minimum atomic E-state index is -0.221. The second-order valence-electron chi connectivity index (χ2n) is 5.72. The largest absolute Gasteiger partial charge is 0.349 e. The maximum atomic E-state index is 13.8. The summed E-state index contributed by atoms with van der Waals surface area (Å²) in [5, 5.41) is 3.03. The molecule has 4 heteroatoms. The summed E-state index contributed by atoms with van der Waals surface area (Å²) in [5.74, 6) is -0.340. The summed E-state index contributed by atoms with van der Waals surface area (Å²) >= 11 is 3.50. The van der Waals surface area contributed by atoms with Crippen LogP contribution in [0.1, 0.15) is 36.4 Å². The molecule has 22 heavy (non-hydrogen) atoms. The molecule has 0 radical (unpaired) electrons. The van der Waals surface area contributed by atoms with E-state index >= 15 is 0 Å². The number of benzene rings is 2. The van der Waals surface area contributed by atoms with Gasteiger partial charge in [0, 0.05) is 10.4 Å². The van der Waals surface area contributed by atoms with Crippen LogP contribution in [-0.2, 0) is 4.79 Å². The third kappa shape index (κ3) is 3.07. The van der Waals surface area contributed by atoms with Gasteiger partial charge in [0.1, 0.15) is 5.82 Å². The Hall–Kier alpha value is -1.68. The summed E-state index contributed by atoms with van der Waals surface area (Å²) in [7, 11) is 0. The number of halogens is 2. The minimum Gasteiger partial charge on any atom is -0.349 e. The molecule has 2 aromatic rings. The third-order valence-corrected chi connectivity index (χ3v) is 4.88. The van der Waals surface area contributed by atoms with E-state index in [4.69, 9.17) is 0 Å². The third-order valence-electron chi connectivity index (χ3n) is 4.16. The van der Waals surface area contributed by atoms with E-state index in [0.717, 1.165) is 16.5 Å². The summed E-state index contributed by atoms with van der Waals surface area (Å²) in [5.41, 5.74) is 1.69. The van der Waals surface area contributed by atoms with E-state index in [1.54, 1.807) is 12.1 Å². The van der Waals surface area contributed by atoms with E-state index in [9.17, 15) is 9.18 Å². The molecule has 1 saturated carbocycles. The van der Waals surface area contributed by atoms with E-state index in [2.05, 4.69) is 21.2 Å². The van der Waals surface area contributed by atoms with Crippen LogP contribution in [0.5, 0.6) is 0 Å². The molecule has 0 aliphatic heterocycles. The summed E-state index contributed by atoms with van der Waals surface area (Å²) in [6.07, 6.45) is 0.718. The predicted octanol–water partition coefficient (Wildman–Crippen LogP) is 4.57. The lowest BCUT2D eigenvalue weighted by Gasteiger charge is -2.16. The lowest BCUT2D eigenvalue weighted by molar-refractivity contribution is -0.123. The van der Waals surface area contributed by atoms with Crippen LogP contribution in [-0.4, -0.2) is 5.91 Å². The van der Waals surface area contributed by atoms with Gasteiger partial charge in [0.15, 0.2) is 0 Å². The molecule has 1 aliphatic rings. The van der Waals surface area contributed by atoms with E-state index in [0.29, 0.717) is 5.56 Å². The van der Waals surface area contributed by atoms with Gasteiger partial charge in [-0.1, -0.05) is 52.3 Å². The van der Waals surface area contributed by atoms with Gasteiger partial charge in [0.05, 0.1) is 6.04 Å². The lowest BCUT2D eigenvalue weighted by atomic mass is 10.1. The van der Waals surface area contributed by atoms with Crippen molar-refractivity contribution in [3.05, 3.63) is 69.9 Å². The molecule has 0 saturated heterocycles. The van der Waals surface area contributed by atoms with Crippen molar-refractivity contribution in [1.82, 2.24) is 5.32 Å². The number of rotatable bonds is 4. The molecular formula is C18H17BrFNO. The maximum absolute atomic E-state index is 13.8. The van der Waals surface area contributed by atoms with Crippen molar-refractivity contribution in [2.45, 2.75) is 25.3 Å². The minimum absolute atomic E-state index is 0.00324. The van der Waals surface area contributed by atoms with Crippen molar-refractivity contribution < 1.29 is 9.18 Å². The average Bonchev–Trinajstić information content (AvgIpc) is 3.28. The highest BCUT2D eigenvalue weighted by atomic mass is 79.9. The zero-order valence-corrected chi connectivity index (χ0v) is 13.8. The van der Waals surface area contributed by atoms with Crippen molar-refractivity contribution in [1.29, 1.82) is 0 Å². The molecule has 3 atom stereocenters. The molecule has 1 N–H and O–H groups in total. The summed E-state index contributed by atoms with van der Waals surface area (Å²) in [6.45, 7) is 1.96. The summed E-state index contributed by atoms with van der Waals surface area (Å²) in [4.78, 5) is 12.3. The highest BCUT2D eigenvalue weighted by molar-refractivity contribution is 9.10. The van der Waals surface area contributed by atoms with Gasteiger partial charge in [-0.2, -0.15) is 0 Å².